The average Bonchev–Trinajstić information content (AvgIpc) is 3.14. The van der Waals surface area contributed by atoms with E-state index in [9.17, 15) is 14.4 Å². The average molecular weight is 650 g/mol. The molecule has 202 valence electrons. The molecular weight excluding hydrogens is 627 g/mol. The first-order valence-electron chi connectivity index (χ1n) is 11.8. The molecule has 3 aromatic carbocycles. The highest BCUT2D eigenvalue weighted by Gasteiger charge is 2.36. The lowest BCUT2D eigenvalue weighted by Gasteiger charge is -2.15. The van der Waals surface area contributed by atoms with Gasteiger partial charge in [0.25, 0.3) is 11.1 Å². The first kappa shape index (κ1) is 29.0. The van der Waals surface area contributed by atoms with Crippen molar-refractivity contribution in [2.45, 2.75) is 20.5 Å². The van der Waals surface area contributed by atoms with Gasteiger partial charge in [-0.2, -0.15) is 0 Å². The molecule has 11 heteroatoms. The van der Waals surface area contributed by atoms with Gasteiger partial charge in [-0.25, -0.2) is 0 Å². The van der Waals surface area contributed by atoms with Gasteiger partial charge in [-0.1, -0.05) is 41.4 Å². The molecule has 0 atom stereocenters. The number of hydrogen-bond acceptors (Lipinski definition) is 6. The minimum absolute atomic E-state index is 0.191. The highest BCUT2D eigenvalue weighted by Crippen LogP contribution is 2.40. The summed E-state index contributed by atoms with van der Waals surface area (Å²) in [7, 11) is 0. The predicted octanol–water partition coefficient (Wildman–Crippen LogP) is 7.72. The van der Waals surface area contributed by atoms with Crippen LogP contribution in [0.15, 0.2) is 64.0 Å². The number of anilines is 1. The van der Waals surface area contributed by atoms with Crippen LogP contribution < -0.4 is 14.8 Å². The minimum atomic E-state index is -0.555. The van der Waals surface area contributed by atoms with E-state index >= 15 is 0 Å². The Morgan fingerprint density at radius 1 is 1.05 bits per heavy atom. The molecule has 0 unspecified atom stereocenters. The van der Waals surface area contributed by atoms with Crippen molar-refractivity contribution in [1.82, 2.24) is 4.90 Å². The summed E-state index contributed by atoms with van der Waals surface area (Å²) in [5.74, 6) is -0.0831. The predicted molar refractivity (Wildman–Crippen MR) is 159 cm³/mol. The minimum Gasteiger partial charge on any atom is -0.490 e. The van der Waals surface area contributed by atoms with Gasteiger partial charge in [0.05, 0.1) is 16.0 Å². The van der Waals surface area contributed by atoms with Crippen molar-refractivity contribution >= 4 is 79.7 Å². The van der Waals surface area contributed by atoms with E-state index in [1.165, 1.54) is 0 Å². The number of imide groups is 1. The lowest BCUT2D eigenvalue weighted by molar-refractivity contribution is -0.127. The van der Waals surface area contributed by atoms with E-state index in [-0.39, 0.29) is 4.91 Å². The molecular formula is C28H23BrCl2N2O5S. The van der Waals surface area contributed by atoms with Crippen molar-refractivity contribution in [3.05, 3.63) is 90.7 Å². The largest absolute Gasteiger partial charge is 0.490 e. The summed E-state index contributed by atoms with van der Waals surface area (Å²) >= 11 is 16.3. The van der Waals surface area contributed by atoms with Crippen molar-refractivity contribution in [2.75, 3.05) is 18.5 Å². The third-order valence-corrected chi connectivity index (χ3v) is 7.56. The molecule has 0 aromatic heterocycles. The van der Waals surface area contributed by atoms with E-state index in [4.69, 9.17) is 32.7 Å². The SMILES string of the molecule is CCOc1cc(/C=C2/SC(=O)N(CC(=O)Nc3cc(Cl)ccc3C)C2=O)cc(Br)c1OCc1ccc(Cl)cc1. The van der Waals surface area contributed by atoms with E-state index in [1.54, 1.807) is 48.5 Å². The van der Waals surface area contributed by atoms with Crippen LogP contribution in [-0.4, -0.2) is 35.1 Å². The summed E-state index contributed by atoms with van der Waals surface area (Å²) in [5, 5.41) is 3.27. The molecule has 3 amide bonds. The Kier molecular flexibility index (Phi) is 9.61. The van der Waals surface area contributed by atoms with Gasteiger partial charge >= 0.3 is 0 Å². The fourth-order valence-electron chi connectivity index (χ4n) is 3.66. The fraction of sp³-hybridized carbons (Fsp3) is 0.179. The number of rotatable bonds is 9. The molecule has 3 aromatic rings. The van der Waals surface area contributed by atoms with E-state index < -0.39 is 23.6 Å². The van der Waals surface area contributed by atoms with Crippen molar-refractivity contribution in [3.63, 3.8) is 0 Å². The van der Waals surface area contributed by atoms with E-state index in [0.29, 0.717) is 50.5 Å². The number of halogens is 3. The molecule has 0 bridgehead atoms. The maximum Gasteiger partial charge on any atom is 0.294 e. The second kappa shape index (κ2) is 12.9. The summed E-state index contributed by atoms with van der Waals surface area (Å²) in [6.45, 7) is 3.94. The van der Waals surface area contributed by atoms with Gasteiger partial charge in [-0.05, 0) is 101 Å². The molecule has 0 saturated carbocycles. The lowest BCUT2D eigenvalue weighted by Crippen LogP contribution is -2.36. The molecule has 0 aliphatic carbocycles. The van der Waals surface area contributed by atoms with Gasteiger partial charge in [0.15, 0.2) is 11.5 Å². The lowest BCUT2D eigenvalue weighted by atomic mass is 10.1. The van der Waals surface area contributed by atoms with Crippen LogP contribution in [0.4, 0.5) is 10.5 Å². The monoisotopic (exact) mass is 648 g/mol. The number of thioether (sulfide) groups is 1. The van der Waals surface area contributed by atoms with Crippen LogP contribution in [0.2, 0.25) is 10.0 Å². The van der Waals surface area contributed by atoms with Crippen LogP contribution in [0, 0.1) is 6.92 Å². The van der Waals surface area contributed by atoms with Crippen molar-refractivity contribution < 1.29 is 23.9 Å². The second-order valence-electron chi connectivity index (χ2n) is 8.45. The fourth-order valence-corrected chi connectivity index (χ4v) is 5.37. The number of aryl methyl sites for hydroxylation is 1. The number of hydrogen-bond donors (Lipinski definition) is 1. The zero-order chi connectivity index (χ0) is 28.1. The molecule has 1 saturated heterocycles. The Labute approximate surface area is 248 Å². The summed E-state index contributed by atoms with van der Waals surface area (Å²) < 4.78 is 12.4. The smallest absolute Gasteiger partial charge is 0.294 e. The number of carbonyl (C=O) groups is 3. The van der Waals surface area contributed by atoms with Gasteiger partial charge in [-0.3, -0.25) is 19.3 Å². The Morgan fingerprint density at radius 2 is 1.77 bits per heavy atom. The third kappa shape index (κ3) is 7.36. The summed E-state index contributed by atoms with van der Waals surface area (Å²) in [4.78, 5) is 39.3. The standard InChI is InChI=1S/C28H23BrCl2N2O5S/c1-3-37-23-11-18(10-21(29)26(23)38-15-17-5-8-19(30)9-6-17)12-24-27(35)33(28(36)39-24)14-25(34)32-22-13-20(31)7-4-16(22)2/h4-13H,3,14-15H2,1-2H3,(H,32,34)/b24-12+. The first-order chi connectivity index (χ1) is 18.6. The number of carbonyl (C=O) groups excluding carboxylic acids is 3. The summed E-state index contributed by atoms with van der Waals surface area (Å²) in [6.07, 6.45) is 1.58. The zero-order valence-corrected chi connectivity index (χ0v) is 24.8. The molecule has 7 nitrogen and oxygen atoms in total. The zero-order valence-electron chi connectivity index (χ0n) is 20.9. The quantitative estimate of drug-likeness (QED) is 0.239. The highest BCUT2D eigenvalue weighted by atomic mass is 79.9. The van der Waals surface area contributed by atoms with Crippen LogP contribution in [-0.2, 0) is 16.2 Å². The van der Waals surface area contributed by atoms with Crippen LogP contribution >= 0.6 is 50.9 Å². The normalized spacial score (nSPS) is 14.2. The van der Waals surface area contributed by atoms with Crippen molar-refractivity contribution in [1.29, 1.82) is 0 Å². The highest BCUT2D eigenvalue weighted by molar-refractivity contribution is 9.10. The molecule has 1 N–H and O–H groups in total. The number of nitrogens with one attached hydrogen (secondary N) is 1. The molecule has 1 heterocycles. The van der Waals surface area contributed by atoms with Crippen LogP contribution in [0.25, 0.3) is 6.08 Å². The van der Waals surface area contributed by atoms with E-state index in [1.807, 2.05) is 26.0 Å². The van der Waals surface area contributed by atoms with Gasteiger partial charge in [-0.15, -0.1) is 0 Å². The molecule has 0 radical (unpaired) electrons. The Hall–Kier alpha value is -2.98. The number of ether oxygens (including phenoxy) is 2. The number of nitrogens with zero attached hydrogens (tertiary/aromatic N) is 1. The Balaban J connectivity index is 1.49. The Morgan fingerprint density at radius 3 is 2.49 bits per heavy atom. The topological polar surface area (TPSA) is 84.9 Å². The molecule has 1 aliphatic rings. The Bertz CT molecular complexity index is 1460. The summed E-state index contributed by atoms with van der Waals surface area (Å²) in [5.41, 5.74) is 2.87. The number of benzene rings is 3. The van der Waals surface area contributed by atoms with Crippen molar-refractivity contribution in [3.8, 4) is 11.5 Å². The molecule has 4 rings (SSSR count). The maximum absolute atomic E-state index is 13.0. The van der Waals surface area contributed by atoms with Crippen LogP contribution in [0.1, 0.15) is 23.6 Å². The van der Waals surface area contributed by atoms with Gasteiger partial charge in [0, 0.05) is 15.7 Å². The second-order valence-corrected chi connectivity index (χ2v) is 11.2. The van der Waals surface area contributed by atoms with Gasteiger partial charge < -0.3 is 14.8 Å². The number of amides is 3. The van der Waals surface area contributed by atoms with Crippen LogP contribution in [0.5, 0.6) is 11.5 Å². The molecule has 39 heavy (non-hydrogen) atoms. The maximum atomic E-state index is 13.0. The molecule has 1 fully saturated rings. The summed E-state index contributed by atoms with van der Waals surface area (Å²) in [6, 6.07) is 15.9. The van der Waals surface area contributed by atoms with Crippen molar-refractivity contribution in [2.24, 2.45) is 0 Å². The first-order valence-corrected chi connectivity index (χ1v) is 14.2. The molecule has 0 spiro atoms. The van der Waals surface area contributed by atoms with E-state index in [0.717, 1.165) is 27.8 Å². The van der Waals surface area contributed by atoms with E-state index in [2.05, 4.69) is 21.2 Å². The van der Waals surface area contributed by atoms with Gasteiger partial charge in [0.1, 0.15) is 13.2 Å². The van der Waals surface area contributed by atoms with Crippen LogP contribution in [0.3, 0.4) is 0 Å². The molecule has 1 aliphatic heterocycles. The van der Waals surface area contributed by atoms with Gasteiger partial charge in [0.2, 0.25) is 5.91 Å². The third-order valence-electron chi connectivity index (χ3n) is 5.57.